The molecular formula is C19H32Cl2OTi-6. The fraction of sp³-hybridized carbons (Fsp3) is 0.211. The number of phenols is 1. The van der Waals surface area contributed by atoms with Crippen molar-refractivity contribution < 1.29 is 22.1 Å². The molecule has 1 nitrogen and oxygen atoms in total. The fourth-order valence-electron chi connectivity index (χ4n) is 1.32. The summed E-state index contributed by atoms with van der Waals surface area (Å²) in [6.45, 7) is 4.13. The van der Waals surface area contributed by atoms with Gasteiger partial charge in [-0.25, -0.2) is 12.2 Å². The van der Waals surface area contributed by atoms with E-state index in [1.165, 1.54) is 0 Å². The summed E-state index contributed by atoms with van der Waals surface area (Å²) < 4.78 is 0. The fourth-order valence-corrected chi connectivity index (χ4v) is 1.32. The first-order valence-corrected chi connectivity index (χ1v) is 9.89. The molecule has 1 aromatic rings. The van der Waals surface area contributed by atoms with Crippen LogP contribution in [0.1, 0.15) is 31.7 Å². The number of hydrogen-bond acceptors (Lipinski definition) is 1. The molecule has 0 saturated heterocycles. The zero-order valence-corrected chi connectivity index (χ0v) is 18.6. The number of halogens is 2. The van der Waals surface area contributed by atoms with E-state index in [0.717, 1.165) is 12.0 Å². The van der Waals surface area contributed by atoms with Crippen molar-refractivity contribution in [3.8, 4) is 5.75 Å². The summed E-state index contributed by atoms with van der Waals surface area (Å²) in [7, 11) is 9.78. The molecule has 0 saturated carbocycles. The van der Waals surface area contributed by atoms with Crippen LogP contribution in [0.15, 0.2) is 42.5 Å². The van der Waals surface area contributed by atoms with Crippen LogP contribution in [-0.4, -0.2) is 5.11 Å². The maximum atomic E-state index is 9.28. The van der Waals surface area contributed by atoms with Gasteiger partial charge in [0, 0.05) is 0 Å². The second-order valence-electron chi connectivity index (χ2n) is 3.79. The molecule has 0 unspecified atom stereocenters. The van der Waals surface area contributed by atoms with Gasteiger partial charge in [-0.3, -0.25) is 6.08 Å². The number of para-hydroxylation sites is 1. The Labute approximate surface area is 163 Å². The molecule has 1 aromatic carbocycles. The van der Waals surface area contributed by atoms with Crippen molar-refractivity contribution in [2.24, 2.45) is 0 Å². The van der Waals surface area contributed by atoms with Crippen molar-refractivity contribution in [1.29, 1.82) is 0 Å². The van der Waals surface area contributed by atoms with Gasteiger partial charge in [0.2, 0.25) is 0 Å². The van der Waals surface area contributed by atoms with Crippen LogP contribution in [0.4, 0.5) is 0 Å². The topological polar surface area (TPSA) is 20.2 Å². The first kappa shape index (κ1) is 38.4. The second-order valence-corrected chi connectivity index (χ2v) is 6.37. The van der Waals surface area contributed by atoms with Gasteiger partial charge in [0.1, 0.15) is 5.75 Å². The van der Waals surface area contributed by atoms with Gasteiger partial charge in [-0.15, -0.1) is 6.42 Å². The van der Waals surface area contributed by atoms with Gasteiger partial charge in [-0.05, 0) is 17.5 Å². The van der Waals surface area contributed by atoms with Crippen molar-refractivity contribution in [3.05, 3.63) is 91.3 Å². The monoisotopic (exact) mass is 394 g/mol. The third-order valence-electron chi connectivity index (χ3n) is 2.14. The number of hydrogen-bond donors (Lipinski definition) is 1. The van der Waals surface area contributed by atoms with Crippen LogP contribution in [0.5, 0.6) is 5.75 Å². The summed E-state index contributed by atoms with van der Waals surface area (Å²) in [4.78, 5) is 0. The molecule has 0 atom stereocenters. The standard InChI is InChI=1S/C9H12O.C5H5.5CH3.2ClH.Ti/c1-7(2)8-5-3-4-6-9(8)10;1-2-4-5-3-1;;;;;;;;/h3-7,10H,1-2H3;1-3H,4H2;5*1H3;2*1H;/q;6*-1;;;+2/p-2. The van der Waals surface area contributed by atoms with E-state index in [0.29, 0.717) is 11.7 Å². The number of benzene rings is 1. The van der Waals surface area contributed by atoms with Gasteiger partial charge in [-0.1, -0.05) is 32.0 Å². The predicted octanol–water partition coefficient (Wildman–Crippen LogP) is 7.45. The molecule has 1 aliphatic carbocycles. The van der Waals surface area contributed by atoms with E-state index in [1.807, 2.05) is 30.4 Å². The Bertz CT molecular complexity index is 367. The van der Waals surface area contributed by atoms with Crippen molar-refractivity contribution in [2.75, 3.05) is 0 Å². The van der Waals surface area contributed by atoms with Crippen LogP contribution in [0.2, 0.25) is 0 Å². The van der Waals surface area contributed by atoms with Crippen molar-refractivity contribution in [3.63, 3.8) is 0 Å². The van der Waals surface area contributed by atoms with Crippen molar-refractivity contribution in [1.82, 2.24) is 0 Å². The number of rotatable bonds is 1. The minimum atomic E-state index is -0.556. The third-order valence-corrected chi connectivity index (χ3v) is 2.14. The average Bonchev–Trinajstić information content (AvgIpc) is 2.89. The molecule has 0 aromatic heterocycles. The summed E-state index contributed by atoms with van der Waals surface area (Å²) >= 11 is -0.556. The second kappa shape index (κ2) is 26.7. The predicted molar refractivity (Wildman–Crippen MR) is 108 cm³/mol. The van der Waals surface area contributed by atoms with Gasteiger partial charge in [0.05, 0.1) is 0 Å². The Morgan fingerprint density at radius 3 is 1.74 bits per heavy atom. The Kier molecular flexibility index (Phi) is 44.5. The molecule has 2 rings (SSSR count). The average molecular weight is 395 g/mol. The first-order chi connectivity index (χ1) is 8.63. The molecule has 0 radical (unpaired) electrons. The molecule has 138 valence electrons. The molecule has 0 spiro atoms. The maximum absolute atomic E-state index is 9.28. The van der Waals surface area contributed by atoms with Crippen LogP contribution in [-0.2, 0) is 17.0 Å². The quantitative estimate of drug-likeness (QED) is 0.387. The molecule has 0 fully saturated rings. The minimum absolute atomic E-state index is 0. The summed E-state index contributed by atoms with van der Waals surface area (Å²) in [6.07, 6.45) is 10.0. The Morgan fingerprint density at radius 2 is 1.52 bits per heavy atom. The third kappa shape index (κ3) is 21.8. The normalized spacial score (nSPS) is 8.91. The van der Waals surface area contributed by atoms with Crippen LogP contribution in [0, 0.1) is 43.2 Å². The summed E-state index contributed by atoms with van der Waals surface area (Å²) in [5, 5.41) is 9.28. The van der Waals surface area contributed by atoms with Crippen LogP contribution >= 0.6 is 18.6 Å². The van der Waals surface area contributed by atoms with E-state index < -0.39 is 17.0 Å². The zero-order chi connectivity index (χ0) is 13.8. The Balaban J connectivity index is -0.0000000487. The van der Waals surface area contributed by atoms with E-state index in [2.05, 4.69) is 26.0 Å². The van der Waals surface area contributed by atoms with Crippen molar-refractivity contribution in [2.45, 2.75) is 26.2 Å². The summed E-state index contributed by atoms with van der Waals surface area (Å²) in [5.41, 5.74) is 1.02. The summed E-state index contributed by atoms with van der Waals surface area (Å²) in [6, 6.07) is 7.44. The Morgan fingerprint density at radius 1 is 1.04 bits per heavy atom. The van der Waals surface area contributed by atoms with Gasteiger partial charge in [-0.2, -0.15) is 6.08 Å². The molecule has 0 amide bonds. The van der Waals surface area contributed by atoms with E-state index in [4.69, 9.17) is 18.6 Å². The van der Waals surface area contributed by atoms with Crippen LogP contribution < -0.4 is 0 Å². The van der Waals surface area contributed by atoms with Gasteiger partial charge >= 0.3 is 35.6 Å². The Hall–Kier alpha value is -0.206. The molecule has 0 bridgehead atoms. The first-order valence-electron chi connectivity index (χ1n) is 5.59. The molecule has 1 aliphatic rings. The van der Waals surface area contributed by atoms with Crippen molar-refractivity contribution >= 4 is 18.6 Å². The van der Waals surface area contributed by atoms with Crippen LogP contribution in [0.3, 0.4) is 0 Å². The number of allylic oxidation sites excluding steroid dienone is 4. The van der Waals surface area contributed by atoms with Gasteiger partial charge < -0.3 is 42.2 Å². The molecular weight excluding hydrogens is 363 g/mol. The van der Waals surface area contributed by atoms with E-state index in [-0.39, 0.29) is 37.1 Å². The van der Waals surface area contributed by atoms with E-state index >= 15 is 0 Å². The van der Waals surface area contributed by atoms with Crippen LogP contribution in [0.25, 0.3) is 0 Å². The molecule has 0 heterocycles. The van der Waals surface area contributed by atoms with E-state index in [9.17, 15) is 5.11 Å². The number of phenolic OH excluding ortho intramolecular Hbond substituents is 1. The molecule has 0 aliphatic heterocycles. The van der Waals surface area contributed by atoms with E-state index in [1.54, 1.807) is 6.07 Å². The summed E-state index contributed by atoms with van der Waals surface area (Å²) in [5.74, 6) is 0.804. The molecule has 4 heteroatoms. The SMILES string of the molecule is CC(C)c1ccccc1O.[C-]1=CC=CC1.[CH3-].[CH3-].[CH3-].[CH3-].[CH3-].[Cl][Ti][Cl]. The number of aromatic hydroxyl groups is 1. The zero-order valence-electron chi connectivity index (χ0n) is 15.5. The van der Waals surface area contributed by atoms with Gasteiger partial charge in [0.15, 0.2) is 0 Å². The van der Waals surface area contributed by atoms with Gasteiger partial charge in [0.25, 0.3) is 0 Å². The molecule has 1 N–H and O–H groups in total. The molecule has 23 heavy (non-hydrogen) atoms.